The van der Waals surface area contributed by atoms with Crippen LogP contribution in [0.4, 0.5) is 17.6 Å². The monoisotopic (exact) mass is 369 g/mol. The lowest BCUT2D eigenvalue weighted by atomic mass is 9.76. The van der Waals surface area contributed by atoms with E-state index < -0.39 is 36.0 Å². The molecule has 7 heteroatoms. The molecule has 0 radical (unpaired) electrons. The number of fused-ring (bicyclic) bond motifs is 1. The molecular formula is C19H19F4NO2. The molecule has 140 valence electrons. The Labute approximate surface area is 148 Å². The van der Waals surface area contributed by atoms with Gasteiger partial charge in [0.25, 0.3) is 0 Å². The molecule has 0 spiro atoms. The van der Waals surface area contributed by atoms with Crippen LogP contribution >= 0.6 is 0 Å². The van der Waals surface area contributed by atoms with Crippen LogP contribution in [0.1, 0.15) is 35.9 Å². The Morgan fingerprint density at radius 1 is 1.12 bits per heavy atom. The van der Waals surface area contributed by atoms with Gasteiger partial charge < -0.3 is 9.84 Å². The predicted molar refractivity (Wildman–Crippen MR) is 87.4 cm³/mol. The highest BCUT2D eigenvalue weighted by Crippen LogP contribution is 2.51. The Morgan fingerprint density at radius 3 is 2.31 bits per heavy atom. The predicted octanol–water partition coefficient (Wildman–Crippen LogP) is 4.37. The van der Waals surface area contributed by atoms with E-state index in [4.69, 9.17) is 4.74 Å². The molecule has 1 aliphatic rings. The van der Waals surface area contributed by atoms with Gasteiger partial charge in [0, 0.05) is 29.8 Å². The molecule has 1 aliphatic heterocycles. The standard InChI is InChI=1S/C19H19F4NO2/c1-11-6-13(7-12(2)24-11)9-18(25,19(21,22)23)10-17(3)15-8-14(20)4-5-16(15)26-17/h4-8,25H,9-10H2,1-3H3. The van der Waals surface area contributed by atoms with Gasteiger partial charge in [-0.25, -0.2) is 4.39 Å². The van der Waals surface area contributed by atoms with Crippen LogP contribution in [-0.4, -0.2) is 21.9 Å². The number of ether oxygens (including phenoxy) is 1. The van der Waals surface area contributed by atoms with Crippen LogP contribution < -0.4 is 4.74 Å². The van der Waals surface area contributed by atoms with Crippen molar-refractivity contribution in [1.29, 1.82) is 0 Å². The number of hydrogen-bond donors (Lipinski definition) is 1. The summed E-state index contributed by atoms with van der Waals surface area (Å²) in [5.41, 5.74) is -2.64. The quantitative estimate of drug-likeness (QED) is 0.814. The topological polar surface area (TPSA) is 42.4 Å². The summed E-state index contributed by atoms with van der Waals surface area (Å²) in [6.45, 7) is 4.78. The minimum Gasteiger partial charge on any atom is -0.482 e. The van der Waals surface area contributed by atoms with Gasteiger partial charge in [-0.2, -0.15) is 13.2 Å². The molecule has 3 nitrogen and oxygen atoms in total. The second kappa shape index (κ2) is 5.94. The highest BCUT2D eigenvalue weighted by Gasteiger charge is 2.59. The Bertz CT molecular complexity index is 832. The van der Waals surface area contributed by atoms with Crippen LogP contribution in [0.15, 0.2) is 30.3 Å². The number of pyridine rings is 1. The summed E-state index contributed by atoms with van der Waals surface area (Å²) in [5.74, 6) is -0.233. The molecule has 3 rings (SSSR count). The maximum atomic E-state index is 13.7. The van der Waals surface area contributed by atoms with Gasteiger partial charge in [0.1, 0.15) is 17.2 Å². The molecule has 2 atom stereocenters. The van der Waals surface area contributed by atoms with Crippen molar-refractivity contribution in [2.24, 2.45) is 0 Å². The van der Waals surface area contributed by atoms with Crippen LogP contribution in [-0.2, 0) is 12.0 Å². The van der Waals surface area contributed by atoms with Crippen molar-refractivity contribution in [3.05, 3.63) is 58.7 Å². The zero-order valence-corrected chi connectivity index (χ0v) is 14.6. The fraction of sp³-hybridized carbons (Fsp3) is 0.421. The van der Waals surface area contributed by atoms with E-state index in [1.165, 1.54) is 31.2 Å². The van der Waals surface area contributed by atoms with Gasteiger partial charge in [-0.05, 0) is 56.7 Å². The molecule has 26 heavy (non-hydrogen) atoms. The van der Waals surface area contributed by atoms with E-state index in [1.807, 2.05) is 0 Å². The van der Waals surface area contributed by atoms with Gasteiger partial charge >= 0.3 is 6.18 Å². The fourth-order valence-corrected chi connectivity index (χ4v) is 3.57. The van der Waals surface area contributed by atoms with Crippen LogP contribution in [0.5, 0.6) is 5.75 Å². The number of hydrogen-bond acceptors (Lipinski definition) is 3. The highest BCUT2D eigenvalue weighted by atomic mass is 19.4. The number of rotatable bonds is 4. The van der Waals surface area contributed by atoms with Crippen molar-refractivity contribution in [3.63, 3.8) is 0 Å². The molecule has 1 aromatic carbocycles. The summed E-state index contributed by atoms with van der Waals surface area (Å²) in [5, 5.41) is 10.6. The molecule has 1 N–H and O–H groups in total. The lowest BCUT2D eigenvalue weighted by molar-refractivity contribution is -0.275. The van der Waals surface area contributed by atoms with Crippen molar-refractivity contribution < 1.29 is 27.4 Å². The SMILES string of the molecule is Cc1cc(CC(O)(CC2(C)Oc3ccc(F)cc32)C(F)(F)F)cc(C)n1. The van der Waals surface area contributed by atoms with E-state index in [0.717, 1.165) is 6.07 Å². The number of nitrogens with zero attached hydrogens (tertiary/aromatic N) is 1. The van der Waals surface area contributed by atoms with E-state index >= 15 is 0 Å². The van der Waals surface area contributed by atoms with E-state index in [-0.39, 0.29) is 0 Å². The second-order valence-electron chi connectivity index (χ2n) is 7.11. The molecule has 0 bridgehead atoms. The van der Waals surface area contributed by atoms with E-state index in [1.54, 1.807) is 13.8 Å². The third kappa shape index (κ3) is 3.28. The van der Waals surface area contributed by atoms with E-state index in [2.05, 4.69) is 4.98 Å². The molecule has 0 amide bonds. The maximum absolute atomic E-state index is 13.7. The Balaban J connectivity index is 1.94. The van der Waals surface area contributed by atoms with E-state index in [0.29, 0.717) is 28.3 Å². The zero-order valence-electron chi connectivity index (χ0n) is 14.6. The number of aryl methyl sites for hydroxylation is 2. The molecule has 2 unspecified atom stereocenters. The molecule has 0 aliphatic carbocycles. The summed E-state index contributed by atoms with van der Waals surface area (Å²) in [7, 11) is 0. The smallest absolute Gasteiger partial charge is 0.417 e. The summed E-state index contributed by atoms with van der Waals surface area (Å²) >= 11 is 0. The first-order chi connectivity index (χ1) is 11.9. The first kappa shape index (κ1) is 18.6. The summed E-state index contributed by atoms with van der Waals surface area (Å²) in [6, 6.07) is 6.73. The van der Waals surface area contributed by atoms with Crippen molar-refractivity contribution in [3.8, 4) is 5.75 Å². The summed E-state index contributed by atoms with van der Waals surface area (Å²) < 4.78 is 60.2. The normalized spacial score (nSPS) is 21.4. The van der Waals surface area contributed by atoms with Gasteiger partial charge in [0.05, 0.1) is 0 Å². The first-order valence-electron chi connectivity index (χ1n) is 8.14. The number of aliphatic hydroxyl groups is 1. The van der Waals surface area contributed by atoms with E-state index in [9.17, 15) is 22.7 Å². The van der Waals surface area contributed by atoms with Gasteiger partial charge in [-0.3, -0.25) is 4.98 Å². The number of benzene rings is 1. The van der Waals surface area contributed by atoms with Gasteiger partial charge in [0.2, 0.25) is 0 Å². The Hall–Kier alpha value is -2.15. The number of alkyl halides is 3. The Kier molecular flexibility index (Phi) is 4.26. The fourth-order valence-electron chi connectivity index (χ4n) is 3.57. The maximum Gasteiger partial charge on any atom is 0.417 e. The summed E-state index contributed by atoms with van der Waals surface area (Å²) in [6.07, 6.45) is -6.25. The number of halogens is 4. The number of aromatic nitrogens is 1. The van der Waals surface area contributed by atoms with Crippen molar-refractivity contribution >= 4 is 0 Å². The lowest BCUT2D eigenvalue weighted by Crippen LogP contribution is -2.54. The average Bonchev–Trinajstić information content (AvgIpc) is 2.46. The lowest BCUT2D eigenvalue weighted by Gasteiger charge is -2.46. The average molecular weight is 369 g/mol. The van der Waals surface area contributed by atoms with Crippen molar-refractivity contribution in [1.82, 2.24) is 4.98 Å². The van der Waals surface area contributed by atoms with Crippen molar-refractivity contribution in [2.75, 3.05) is 0 Å². The minimum absolute atomic E-state index is 0.322. The zero-order chi connectivity index (χ0) is 19.3. The second-order valence-corrected chi connectivity index (χ2v) is 7.11. The van der Waals surface area contributed by atoms with Gasteiger partial charge in [-0.15, -0.1) is 0 Å². The molecule has 0 fully saturated rings. The minimum atomic E-state index is -4.88. The molecule has 2 aromatic rings. The summed E-state index contributed by atoms with van der Waals surface area (Å²) in [4.78, 5) is 4.14. The molecule has 1 aromatic heterocycles. The molecule has 0 saturated heterocycles. The third-order valence-corrected chi connectivity index (χ3v) is 4.64. The van der Waals surface area contributed by atoms with Crippen LogP contribution in [0.25, 0.3) is 0 Å². The molecular weight excluding hydrogens is 350 g/mol. The van der Waals surface area contributed by atoms with Crippen molar-refractivity contribution in [2.45, 2.75) is 51.0 Å². The largest absolute Gasteiger partial charge is 0.482 e. The Morgan fingerprint density at radius 2 is 1.73 bits per heavy atom. The van der Waals surface area contributed by atoms with Gasteiger partial charge in [0.15, 0.2) is 5.60 Å². The van der Waals surface area contributed by atoms with Crippen LogP contribution in [0, 0.1) is 19.7 Å². The van der Waals surface area contributed by atoms with Crippen LogP contribution in [0.3, 0.4) is 0 Å². The molecule has 2 heterocycles. The van der Waals surface area contributed by atoms with Gasteiger partial charge in [-0.1, -0.05) is 0 Å². The van der Waals surface area contributed by atoms with Crippen LogP contribution in [0.2, 0.25) is 0 Å². The molecule has 0 saturated carbocycles. The third-order valence-electron chi connectivity index (χ3n) is 4.64. The first-order valence-corrected chi connectivity index (χ1v) is 8.14. The highest BCUT2D eigenvalue weighted by molar-refractivity contribution is 5.46.